The Hall–Kier alpha value is -2.64. The first kappa shape index (κ1) is 19.1. The molecule has 1 atom stereocenters. The second kappa shape index (κ2) is 7.17. The van der Waals surface area contributed by atoms with Gasteiger partial charge in [0.15, 0.2) is 0 Å². The lowest BCUT2D eigenvalue weighted by Gasteiger charge is -2.45. The summed E-state index contributed by atoms with van der Waals surface area (Å²) in [5.74, 6) is -0.960. The van der Waals surface area contributed by atoms with Crippen LogP contribution in [-0.4, -0.2) is 76.9 Å². The summed E-state index contributed by atoms with van der Waals surface area (Å²) in [6.07, 6.45) is 2.84. The highest BCUT2D eigenvalue weighted by Crippen LogP contribution is 2.43. The first-order valence-corrected chi connectivity index (χ1v) is 9.26. The molecule has 2 saturated heterocycles. The normalized spacial score (nSPS) is 21.6. The first-order valence-electron chi connectivity index (χ1n) is 9.26. The van der Waals surface area contributed by atoms with Crippen molar-refractivity contribution in [2.24, 2.45) is 5.92 Å². The van der Waals surface area contributed by atoms with Gasteiger partial charge in [-0.1, -0.05) is 0 Å². The van der Waals surface area contributed by atoms with Crippen molar-refractivity contribution in [3.63, 3.8) is 0 Å². The number of pyridine rings is 1. The van der Waals surface area contributed by atoms with Crippen LogP contribution in [0.2, 0.25) is 0 Å². The second-order valence-corrected chi connectivity index (χ2v) is 7.36. The molecule has 0 unspecified atom stereocenters. The largest absolute Gasteiger partial charge is 0.481 e. The summed E-state index contributed by atoms with van der Waals surface area (Å²) < 4.78 is 0. The Bertz CT molecular complexity index is 741. The van der Waals surface area contributed by atoms with Crippen molar-refractivity contribution in [3.05, 3.63) is 23.9 Å². The zero-order chi connectivity index (χ0) is 19.8. The second-order valence-electron chi connectivity index (χ2n) is 7.36. The lowest BCUT2D eigenvalue weighted by molar-refractivity contribution is -0.145. The molecule has 8 nitrogen and oxygen atoms in total. The quantitative estimate of drug-likeness (QED) is 0.847. The monoisotopic (exact) mass is 374 g/mol. The third kappa shape index (κ3) is 3.24. The molecule has 0 aliphatic carbocycles. The van der Waals surface area contributed by atoms with Crippen LogP contribution in [-0.2, 0) is 9.59 Å². The van der Waals surface area contributed by atoms with Crippen LogP contribution in [0.25, 0.3) is 0 Å². The van der Waals surface area contributed by atoms with E-state index in [0.717, 1.165) is 5.82 Å². The molecule has 1 aromatic rings. The van der Waals surface area contributed by atoms with Crippen LogP contribution in [0.5, 0.6) is 0 Å². The molecular weight excluding hydrogens is 348 g/mol. The fourth-order valence-electron chi connectivity index (χ4n) is 4.17. The van der Waals surface area contributed by atoms with Crippen LogP contribution in [0.3, 0.4) is 0 Å². The van der Waals surface area contributed by atoms with E-state index in [1.54, 1.807) is 36.2 Å². The number of carbonyl (C=O) groups is 3. The highest BCUT2D eigenvalue weighted by Gasteiger charge is 2.55. The number of carbonyl (C=O) groups excluding carboxylic acids is 2. The van der Waals surface area contributed by atoms with E-state index in [1.807, 2.05) is 13.0 Å². The molecule has 0 bridgehead atoms. The van der Waals surface area contributed by atoms with E-state index in [4.69, 9.17) is 0 Å². The van der Waals surface area contributed by atoms with Crippen molar-refractivity contribution in [2.45, 2.75) is 31.7 Å². The summed E-state index contributed by atoms with van der Waals surface area (Å²) >= 11 is 0. The number of nitrogens with zero attached hydrogens (tertiary/aromatic N) is 4. The molecule has 2 amide bonds. The van der Waals surface area contributed by atoms with Gasteiger partial charge in [0.2, 0.25) is 5.91 Å². The third-order valence-corrected chi connectivity index (χ3v) is 6.14. The van der Waals surface area contributed by atoms with Crippen molar-refractivity contribution >= 4 is 23.6 Å². The molecule has 2 fully saturated rings. The van der Waals surface area contributed by atoms with Crippen molar-refractivity contribution in [1.29, 1.82) is 0 Å². The topological polar surface area (TPSA) is 94.1 Å². The Morgan fingerprint density at radius 3 is 2.52 bits per heavy atom. The zero-order valence-corrected chi connectivity index (χ0v) is 16.0. The molecule has 0 saturated carbocycles. The Morgan fingerprint density at radius 1 is 1.33 bits per heavy atom. The molecular formula is C19H26N4O4. The van der Waals surface area contributed by atoms with Gasteiger partial charge in [0.1, 0.15) is 5.82 Å². The number of anilines is 1. The maximum atomic E-state index is 12.2. The van der Waals surface area contributed by atoms with Gasteiger partial charge >= 0.3 is 5.97 Å². The Labute approximate surface area is 158 Å². The fraction of sp³-hybridized carbons (Fsp3) is 0.579. The number of likely N-dealkylation sites (tertiary alicyclic amines) is 1. The van der Waals surface area contributed by atoms with Gasteiger partial charge in [-0.15, -0.1) is 0 Å². The van der Waals surface area contributed by atoms with Crippen molar-refractivity contribution < 1.29 is 19.5 Å². The van der Waals surface area contributed by atoms with Gasteiger partial charge in [0.25, 0.3) is 5.91 Å². The van der Waals surface area contributed by atoms with Crippen LogP contribution < -0.4 is 4.90 Å². The predicted molar refractivity (Wildman–Crippen MR) is 99.6 cm³/mol. The fourth-order valence-corrected chi connectivity index (χ4v) is 4.17. The minimum Gasteiger partial charge on any atom is -0.481 e. The zero-order valence-electron chi connectivity index (χ0n) is 16.0. The molecule has 1 aromatic heterocycles. The summed E-state index contributed by atoms with van der Waals surface area (Å²) in [6.45, 7) is 3.79. The minimum absolute atomic E-state index is 0.0652. The molecule has 1 spiro atoms. The molecule has 2 aliphatic rings. The van der Waals surface area contributed by atoms with Crippen LogP contribution in [0, 0.1) is 5.92 Å². The van der Waals surface area contributed by atoms with E-state index < -0.39 is 17.4 Å². The van der Waals surface area contributed by atoms with E-state index in [0.29, 0.717) is 38.0 Å². The number of rotatable bonds is 4. The molecule has 8 heteroatoms. The molecule has 0 radical (unpaired) electrons. The van der Waals surface area contributed by atoms with Crippen LogP contribution >= 0.6 is 0 Å². The molecule has 2 aliphatic heterocycles. The van der Waals surface area contributed by atoms with Gasteiger partial charge in [0, 0.05) is 46.3 Å². The summed E-state index contributed by atoms with van der Waals surface area (Å²) in [7, 11) is 3.46. The summed E-state index contributed by atoms with van der Waals surface area (Å²) in [6, 6.07) is 3.60. The van der Waals surface area contributed by atoms with Crippen molar-refractivity contribution in [2.75, 3.05) is 38.6 Å². The van der Waals surface area contributed by atoms with Crippen molar-refractivity contribution in [1.82, 2.24) is 14.8 Å². The van der Waals surface area contributed by atoms with E-state index in [2.05, 4.69) is 9.88 Å². The summed E-state index contributed by atoms with van der Waals surface area (Å²) in [4.78, 5) is 45.7. The molecule has 3 rings (SSSR count). The average Bonchev–Trinajstić information content (AvgIpc) is 2.93. The maximum Gasteiger partial charge on any atom is 0.309 e. The van der Waals surface area contributed by atoms with E-state index in [-0.39, 0.29) is 18.2 Å². The Morgan fingerprint density at radius 2 is 2.00 bits per heavy atom. The number of hydrogen-bond donors (Lipinski definition) is 1. The summed E-state index contributed by atoms with van der Waals surface area (Å²) in [5.41, 5.74) is -0.0669. The van der Waals surface area contributed by atoms with Gasteiger partial charge in [0.05, 0.1) is 17.0 Å². The molecule has 1 N–H and O–H groups in total. The first-order chi connectivity index (χ1) is 12.8. The van der Waals surface area contributed by atoms with Gasteiger partial charge in [-0.25, -0.2) is 4.98 Å². The SMILES string of the molecule is CCN(C)C(=O)c1ccc(N2CCC3(CC2)[C@@H](C(=O)O)CC(=O)N3C)nc1. The van der Waals surface area contributed by atoms with Crippen molar-refractivity contribution in [3.8, 4) is 0 Å². The average molecular weight is 374 g/mol. The van der Waals surface area contributed by atoms with Crippen LogP contribution in [0.15, 0.2) is 18.3 Å². The van der Waals surface area contributed by atoms with Gasteiger partial charge in [-0.3, -0.25) is 14.4 Å². The maximum absolute atomic E-state index is 12.2. The van der Waals surface area contributed by atoms with E-state index in [9.17, 15) is 19.5 Å². The van der Waals surface area contributed by atoms with Crippen LogP contribution in [0.1, 0.15) is 36.5 Å². The number of carboxylic acid groups (broad SMARTS) is 1. The molecule has 27 heavy (non-hydrogen) atoms. The Kier molecular flexibility index (Phi) is 5.08. The van der Waals surface area contributed by atoms with E-state index in [1.165, 1.54) is 0 Å². The lowest BCUT2D eigenvalue weighted by Crippen LogP contribution is -2.56. The lowest BCUT2D eigenvalue weighted by atomic mass is 9.77. The number of amides is 2. The smallest absolute Gasteiger partial charge is 0.309 e. The number of aliphatic carboxylic acids is 1. The predicted octanol–water partition coefficient (Wildman–Crippen LogP) is 1.08. The minimum atomic E-state index is -0.901. The highest BCUT2D eigenvalue weighted by molar-refractivity contribution is 5.94. The standard InChI is InChI=1S/C19H26N4O4/c1-4-21(2)17(25)13-5-6-15(20-12-13)23-9-7-19(8-10-23)14(18(26)27)11-16(24)22(19)3/h5-6,12,14H,4,7-11H2,1-3H3,(H,26,27)/t14-/m1/s1. The molecule has 146 valence electrons. The van der Waals surface area contributed by atoms with Gasteiger partial charge < -0.3 is 19.8 Å². The Balaban J connectivity index is 1.71. The van der Waals surface area contributed by atoms with Gasteiger partial charge in [-0.05, 0) is 31.9 Å². The number of hydrogen-bond acceptors (Lipinski definition) is 5. The molecule has 0 aromatic carbocycles. The number of carboxylic acids is 1. The molecule has 3 heterocycles. The van der Waals surface area contributed by atoms with Gasteiger partial charge in [-0.2, -0.15) is 0 Å². The highest BCUT2D eigenvalue weighted by atomic mass is 16.4. The number of piperidine rings is 1. The van der Waals surface area contributed by atoms with E-state index >= 15 is 0 Å². The number of aromatic nitrogens is 1. The van der Waals surface area contributed by atoms with Crippen LogP contribution in [0.4, 0.5) is 5.82 Å². The third-order valence-electron chi connectivity index (χ3n) is 6.14. The summed E-state index contributed by atoms with van der Waals surface area (Å²) in [5, 5.41) is 9.56.